The van der Waals surface area contributed by atoms with Gasteiger partial charge in [-0.1, -0.05) is 13.8 Å². The van der Waals surface area contributed by atoms with Gasteiger partial charge in [-0.3, -0.25) is 4.79 Å². The van der Waals surface area contributed by atoms with E-state index >= 15 is 0 Å². The number of amides is 1. The lowest BCUT2D eigenvalue weighted by atomic mass is 9.83. The molecule has 1 aliphatic rings. The maximum absolute atomic E-state index is 11.6. The average Bonchev–Trinajstić information content (AvgIpc) is 2.41. The van der Waals surface area contributed by atoms with E-state index in [1.165, 1.54) is 0 Å². The standard InChI is InChI=1S/C10H20N2O2/c1-10(2)7-12(5-8(10)6-13)9(14)4-11-3/h8,11,13H,4-7H2,1-3H3/t8-/m1/s1. The van der Waals surface area contributed by atoms with Gasteiger partial charge in [-0.25, -0.2) is 0 Å². The molecule has 0 aromatic heterocycles. The van der Waals surface area contributed by atoms with Crippen LogP contribution in [0, 0.1) is 11.3 Å². The van der Waals surface area contributed by atoms with Crippen molar-refractivity contribution in [3.05, 3.63) is 0 Å². The van der Waals surface area contributed by atoms with Crippen LogP contribution in [0.15, 0.2) is 0 Å². The third kappa shape index (κ3) is 2.25. The molecule has 4 heteroatoms. The van der Waals surface area contributed by atoms with Gasteiger partial charge in [0.2, 0.25) is 5.91 Å². The lowest BCUT2D eigenvalue weighted by Crippen LogP contribution is -2.36. The minimum atomic E-state index is 0.0398. The minimum absolute atomic E-state index is 0.0398. The van der Waals surface area contributed by atoms with Crippen LogP contribution in [-0.4, -0.2) is 49.2 Å². The molecule has 0 spiro atoms. The Hall–Kier alpha value is -0.610. The summed E-state index contributed by atoms with van der Waals surface area (Å²) in [6, 6.07) is 0. The molecule has 1 fully saturated rings. The first-order chi connectivity index (χ1) is 6.51. The second kappa shape index (κ2) is 4.28. The van der Waals surface area contributed by atoms with Gasteiger partial charge in [0.15, 0.2) is 0 Å². The van der Waals surface area contributed by atoms with Crippen LogP contribution < -0.4 is 5.32 Å². The van der Waals surface area contributed by atoms with Crippen molar-refractivity contribution in [3.8, 4) is 0 Å². The van der Waals surface area contributed by atoms with Crippen LogP contribution >= 0.6 is 0 Å². The zero-order chi connectivity index (χ0) is 10.8. The predicted molar refractivity (Wildman–Crippen MR) is 54.9 cm³/mol. The summed E-state index contributed by atoms with van der Waals surface area (Å²) in [7, 11) is 1.77. The average molecular weight is 200 g/mol. The van der Waals surface area contributed by atoms with Gasteiger partial charge in [0, 0.05) is 25.6 Å². The number of hydrogen-bond donors (Lipinski definition) is 2. The molecule has 1 amide bonds. The molecule has 0 unspecified atom stereocenters. The zero-order valence-electron chi connectivity index (χ0n) is 9.21. The largest absolute Gasteiger partial charge is 0.396 e. The van der Waals surface area contributed by atoms with Gasteiger partial charge in [-0.05, 0) is 12.5 Å². The molecule has 1 heterocycles. The van der Waals surface area contributed by atoms with Gasteiger partial charge in [0.25, 0.3) is 0 Å². The second-order valence-corrected chi connectivity index (χ2v) is 4.67. The van der Waals surface area contributed by atoms with Crippen molar-refractivity contribution in [1.82, 2.24) is 10.2 Å². The first-order valence-corrected chi connectivity index (χ1v) is 5.04. The SMILES string of the molecule is CNCC(=O)N1C[C@H](CO)C(C)(C)C1. The summed E-state index contributed by atoms with van der Waals surface area (Å²) < 4.78 is 0. The Labute approximate surface area is 85.3 Å². The molecule has 0 aromatic carbocycles. The molecule has 0 aromatic rings. The highest BCUT2D eigenvalue weighted by Crippen LogP contribution is 2.34. The third-order valence-corrected chi connectivity index (χ3v) is 3.05. The number of nitrogens with zero attached hydrogens (tertiary/aromatic N) is 1. The lowest BCUT2D eigenvalue weighted by Gasteiger charge is -2.23. The molecule has 1 rings (SSSR count). The molecular formula is C10H20N2O2. The van der Waals surface area contributed by atoms with Crippen LogP contribution in [0.25, 0.3) is 0 Å². The van der Waals surface area contributed by atoms with Gasteiger partial charge in [0.1, 0.15) is 0 Å². The fourth-order valence-corrected chi connectivity index (χ4v) is 1.96. The summed E-state index contributed by atoms with van der Waals surface area (Å²) in [6.07, 6.45) is 0. The summed E-state index contributed by atoms with van der Waals surface area (Å²) in [6.45, 7) is 6.17. The van der Waals surface area contributed by atoms with Crippen molar-refractivity contribution in [1.29, 1.82) is 0 Å². The first-order valence-electron chi connectivity index (χ1n) is 5.04. The number of hydrogen-bond acceptors (Lipinski definition) is 3. The maximum atomic E-state index is 11.6. The number of aliphatic hydroxyl groups excluding tert-OH is 1. The van der Waals surface area contributed by atoms with E-state index in [4.69, 9.17) is 0 Å². The zero-order valence-corrected chi connectivity index (χ0v) is 9.21. The molecule has 1 saturated heterocycles. The molecule has 14 heavy (non-hydrogen) atoms. The van der Waals surface area contributed by atoms with E-state index in [1.807, 2.05) is 4.90 Å². The van der Waals surface area contributed by atoms with E-state index in [1.54, 1.807) is 7.05 Å². The summed E-state index contributed by atoms with van der Waals surface area (Å²) >= 11 is 0. The summed E-state index contributed by atoms with van der Waals surface area (Å²) in [5.74, 6) is 0.333. The highest BCUT2D eigenvalue weighted by molar-refractivity contribution is 5.78. The number of likely N-dealkylation sites (N-methyl/N-ethyl adjacent to an activating group) is 1. The minimum Gasteiger partial charge on any atom is -0.396 e. The van der Waals surface area contributed by atoms with Gasteiger partial charge in [-0.2, -0.15) is 0 Å². The van der Waals surface area contributed by atoms with Crippen LogP contribution in [0.1, 0.15) is 13.8 Å². The molecule has 2 N–H and O–H groups in total. The predicted octanol–water partition coefficient (Wildman–Crippen LogP) is -0.317. The van der Waals surface area contributed by atoms with Crippen molar-refractivity contribution in [2.24, 2.45) is 11.3 Å². The number of aliphatic hydroxyl groups is 1. The van der Waals surface area contributed by atoms with Crippen molar-refractivity contribution in [3.63, 3.8) is 0 Å². The first kappa shape index (κ1) is 11.5. The molecule has 4 nitrogen and oxygen atoms in total. The normalized spacial score (nSPS) is 25.4. The van der Waals surface area contributed by atoms with E-state index in [-0.39, 0.29) is 23.8 Å². The Kier molecular flexibility index (Phi) is 3.50. The van der Waals surface area contributed by atoms with Crippen LogP contribution in [0.5, 0.6) is 0 Å². The molecule has 0 radical (unpaired) electrons. The van der Waals surface area contributed by atoms with Crippen LogP contribution in [0.2, 0.25) is 0 Å². The quantitative estimate of drug-likeness (QED) is 0.656. The van der Waals surface area contributed by atoms with E-state index in [0.717, 1.165) is 6.54 Å². The number of likely N-dealkylation sites (tertiary alicyclic amines) is 1. The Bertz CT molecular complexity index is 216. The van der Waals surface area contributed by atoms with E-state index < -0.39 is 0 Å². The number of carbonyl (C=O) groups is 1. The van der Waals surface area contributed by atoms with Crippen LogP contribution in [0.4, 0.5) is 0 Å². The molecule has 1 atom stereocenters. The van der Waals surface area contributed by atoms with Gasteiger partial charge < -0.3 is 15.3 Å². The Morgan fingerprint density at radius 1 is 1.64 bits per heavy atom. The van der Waals surface area contributed by atoms with Gasteiger partial charge in [-0.15, -0.1) is 0 Å². The monoisotopic (exact) mass is 200 g/mol. The van der Waals surface area contributed by atoms with Gasteiger partial charge >= 0.3 is 0 Å². The number of carbonyl (C=O) groups excluding carboxylic acids is 1. The fourth-order valence-electron chi connectivity index (χ4n) is 1.96. The Morgan fingerprint density at radius 2 is 2.29 bits per heavy atom. The second-order valence-electron chi connectivity index (χ2n) is 4.67. The maximum Gasteiger partial charge on any atom is 0.236 e. The third-order valence-electron chi connectivity index (χ3n) is 3.05. The topological polar surface area (TPSA) is 52.6 Å². The van der Waals surface area contributed by atoms with Crippen molar-refractivity contribution in [2.45, 2.75) is 13.8 Å². The fraction of sp³-hybridized carbons (Fsp3) is 0.900. The number of nitrogens with one attached hydrogen (secondary N) is 1. The summed E-state index contributed by atoms with van der Waals surface area (Å²) in [5.41, 5.74) is 0.0398. The van der Waals surface area contributed by atoms with Crippen molar-refractivity contribution < 1.29 is 9.90 Å². The smallest absolute Gasteiger partial charge is 0.236 e. The summed E-state index contributed by atoms with van der Waals surface area (Å²) in [5, 5.41) is 12.0. The number of rotatable bonds is 3. The van der Waals surface area contributed by atoms with Crippen molar-refractivity contribution >= 4 is 5.91 Å². The molecule has 1 aliphatic heterocycles. The van der Waals surface area contributed by atoms with Crippen LogP contribution in [0.3, 0.4) is 0 Å². The van der Waals surface area contributed by atoms with E-state index in [0.29, 0.717) is 13.1 Å². The molecule has 82 valence electrons. The summed E-state index contributed by atoms with van der Waals surface area (Å²) in [4.78, 5) is 13.4. The molecule has 0 saturated carbocycles. The van der Waals surface area contributed by atoms with Crippen molar-refractivity contribution in [2.75, 3.05) is 33.3 Å². The lowest BCUT2D eigenvalue weighted by molar-refractivity contribution is -0.129. The highest BCUT2D eigenvalue weighted by Gasteiger charge is 2.40. The highest BCUT2D eigenvalue weighted by atomic mass is 16.3. The molecular weight excluding hydrogens is 180 g/mol. The van der Waals surface area contributed by atoms with Gasteiger partial charge in [0.05, 0.1) is 6.54 Å². The molecule has 0 aliphatic carbocycles. The molecule has 0 bridgehead atoms. The Balaban J connectivity index is 2.57. The van der Waals surface area contributed by atoms with E-state index in [9.17, 15) is 9.90 Å². The van der Waals surface area contributed by atoms with E-state index in [2.05, 4.69) is 19.2 Å². The Morgan fingerprint density at radius 3 is 2.71 bits per heavy atom. The van der Waals surface area contributed by atoms with Crippen LogP contribution in [-0.2, 0) is 4.79 Å².